The van der Waals surface area contributed by atoms with Gasteiger partial charge in [0.1, 0.15) is 6.29 Å². The minimum Gasteiger partial charge on any atom is -0.398 e. The molecule has 0 spiro atoms. The van der Waals surface area contributed by atoms with E-state index in [-0.39, 0.29) is 0 Å². The van der Waals surface area contributed by atoms with Gasteiger partial charge in [0, 0.05) is 24.3 Å². The number of nitrogens with one attached hydrogen (secondary N) is 1. The fourth-order valence-corrected chi connectivity index (χ4v) is 2.02. The Morgan fingerprint density at radius 2 is 1.38 bits per heavy atom. The predicted molar refractivity (Wildman–Crippen MR) is 117 cm³/mol. The molecular weight excluding hydrogens is 320 g/mol. The van der Waals surface area contributed by atoms with Crippen LogP contribution in [0, 0.1) is 0 Å². The van der Waals surface area contributed by atoms with Crippen LogP contribution in [0.2, 0.25) is 0 Å². The Morgan fingerprint density at radius 3 is 1.88 bits per heavy atom. The van der Waals surface area contributed by atoms with Crippen LogP contribution in [0.5, 0.6) is 0 Å². The van der Waals surface area contributed by atoms with E-state index in [1.807, 2.05) is 63.3 Å². The van der Waals surface area contributed by atoms with Crippen molar-refractivity contribution in [3.63, 3.8) is 0 Å². The first-order valence-electron chi connectivity index (χ1n) is 9.00. The summed E-state index contributed by atoms with van der Waals surface area (Å²) in [7, 11) is 0. The van der Waals surface area contributed by atoms with E-state index < -0.39 is 0 Å². The van der Waals surface area contributed by atoms with E-state index in [0.29, 0.717) is 6.42 Å². The SMILES string of the molecule is C/C=C/c1ccccc1N.C/C=C/c1ccccc1NCC.CCC=O. The Kier molecular flexibility index (Phi) is 14.0. The summed E-state index contributed by atoms with van der Waals surface area (Å²) < 4.78 is 0. The van der Waals surface area contributed by atoms with E-state index in [1.165, 1.54) is 11.3 Å². The van der Waals surface area contributed by atoms with E-state index in [0.717, 1.165) is 24.1 Å². The fraction of sp³-hybridized carbons (Fsp3) is 0.261. The van der Waals surface area contributed by atoms with Crippen LogP contribution in [0.1, 0.15) is 45.2 Å². The zero-order chi connectivity index (χ0) is 19.6. The maximum Gasteiger partial charge on any atom is 0.119 e. The zero-order valence-electron chi connectivity index (χ0n) is 16.4. The Balaban J connectivity index is 0.000000405. The first-order chi connectivity index (χ1) is 12.6. The first kappa shape index (κ1) is 23.2. The van der Waals surface area contributed by atoms with E-state index >= 15 is 0 Å². The lowest BCUT2D eigenvalue weighted by molar-refractivity contribution is -0.107. The third-order valence-corrected chi connectivity index (χ3v) is 3.18. The predicted octanol–water partition coefficient (Wildman–Crippen LogP) is 6.05. The van der Waals surface area contributed by atoms with Crippen LogP contribution in [-0.2, 0) is 4.79 Å². The van der Waals surface area contributed by atoms with Gasteiger partial charge in [0.2, 0.25) is 0 Å². The highest BCUT2D eigenvalue weighted by Gasteiger charge is 1.93. The molecule has 26 heavy (non-hydrogen) atoms. The molecule has 2 aromatic carbocycles. The van der Waals surface area contributed by atoms with Crippen molar-refractivity contribution in [2.24, 2.45) is 0 Å². The molecule has 3 N–H and O–H groups in total. The van der Waals surface area contributed by atoms with Gasteiger partial charge in [-0.25, -0.2) is 0 Å². The number of hydrogen-bond acceptors (Lipinski definition) is 3. The number of allylic oxidation sites excluding steroid dienone is 2. The van der Waals surface area contributed by atoms with Gasteiger partial charge in [-0.3, -0.25) is 0 Å². The second kappa shape index (κ2) is 15.7. The van der Waals surface area contributed by atoms with Gasteiger partial charge in [0.05, 0.1) is 0 Å². The van der Waals surface area contributed by atoms with Gasteiger partial charge in [-0.2, -0.15) is 0 Å². The van der Waals surface area contributed by atoms with E-state index in [4.69, 9.17) is 5.73 Å². The third-order valence-electron chi connectivity index (χ3n) is 3.18. The average molecular weight is 353 g/mol. The van der Waals surface area contributed by atoms with Crippen LogP contribution in [-0.4, -0.2) is 12.8 Å². The summed E-state index contributed by atoms with van der Waals surface area (Å²) in [5.74, 6) is 0. The van der Waals surface area contributed by atoms with Crippen molar-refractivity contribution in [1.29, 1.82) is 0 Å². The van der Waals surface area contributed by atoms with Crippen molar-refractivity contribution < 1.29 is 4.79 Å². The number of hydrogen-bond donors (Lipinski definition) is 2. The molecule has 0 saturated heterocycles. The first-order valence-corrected chi connectivity index (χ1v) is 9.00. The molecule has 0 saturated carbocycles. The van der Waals surface area contributed by atoms with E-state index in [1.54, 1.807) is 0 Å². The fourth-order valence-electron chi connectivity index (χ4n) is 2.02. The molecular formula is C23H32N2O. The molecule has 2 rings (SSSR count). The van der Waals surface area contributed by atoms with Crippen LogP contribution < -0.4 is 11.1 Å². The Labute approximate surface area is 158 Å². The number of anilines is 2. The number of benzene rings is 2. The van der Waals surface area contributed by atoms with Crippen molar-refractivity contribution in [3.05, 3.63) is 71.8 Å². The molecule has 0 amide bonds. The number of carbonyl (C=O) groups excluding carboxylic acids is 1. The van der Waals surface area contributed by atoms with Gasteiger partial charge in [-0.05, 0) is 44.0 Å². The second-order valence-corrected chi connectivity index (χ2v) is 5.32. The standard InChI is InChI=1S/C11H15N.C9H11N.C3H6O/c1-3-7-10-8-5-6-9-11(10)12-4-2;1-2-5-8-6-3-4-7-9(8)10;1-2-3-4/h3,5-9,12H,4H2,1-2H3;2-7H,10H2,1H3;3H,2H2,1H3/b7-3+;5-2+;. The molecule has 0 aliphatic heterocycles. The molecule has 0 aromatic heterocycles. The molecule has 0 atom stereocenters. The number of nitrogen functional groups attached to an aromatic ring is 1. The topological polar surface area (TPSA) is 55.1 Å². The van der Waals surface area contributed by atoms with Crippen LogP contribution in [0.25, 0.3) is 12.2 Å². The average Bonchev–Trinajstić information content (AvgIpc) is 2.67. The van der Waals surface area contributed by atoms with Crippen molar-refractivity contribution >= 4 is 29.8 Å². The van der Waals surface area contributed by atoms with Crippen molar-refractivity contribution in [2.45, 2.75) is 34.1 Å². The zero-order valence-corrected chi connectivity index (χ0v) is 16.4. The summed E-state index contributed by atoms with van der Waals surface area (Å²) in [6.45, 7) is 8.89. The summed E-state index contributed by atoms with van der Waals surface area (Å²) in [5, 5.41) is 3.31. The molecule has 0 aliphatic carbocycles. The van der Waals surface area contributed by atoms with Gasteiger partial charge >= 0.3 is 0 Å². The summed E-state index contributed by atoms with van der Waals surface area (Å²) in [6, 6.07) is 16.1. The molecule has 0 fully saturated rings. The quantitative estimate of drug-likeness (QED) is 0.509. The molecule has 140 valence electrons. The van der Waals surface area contributed by atoms with Gasteiger partial charge in [-0.1, -0.05) is 67.6 Å². The summed E-state index contributed by atoms with van der Waals surface area (Å²) in [5.41, 5.74) is 10.0. The van der Waals surface area contributed by atoms with Crippen molar-refractivity contribution in [2.75, 3.05) is 17.6 Å². The highest BCUT2D eigenvalue weighted by molar-refractivity contribution is 5.66. The van der Waals surface area contributed by atoms with E-state index in [9.17, 15) is 4.79 Å². The largest absolute Gasteiger partial charge is 0.398 e. The summed E-state index contributed by atoms with van der Waals surface area (Å²) in [4.78, 5) is 9.17. The third kappa shape index (κ3) is 10.1. The van der Waals surface area contributed by atoms with Crippen LogP contribution in [0.3, 0.4) is 0 Å². The van der Waals surface area contributed by atoms with Gasteiger partial charge in [0.15, 0.2) is 0 Å². The lowest BCUT2D eigenvalue weighted by atomic mass is 10.1. The molecule has 0 heterocycles. The number of carbonyl (C=O) groups is 1. The number of rotatable bonds is 5. The lowest BCUT2D eigenvalue weighted by Gasteiger charge is -2.06. The number of aldehydes is 1. The van der Waals surface area contributed by atoms with Gasteiger partial charge in [0.25, 0.3) is 0 Å². The number of para-hydroxylation sites is 2. The molecule has 0 aliphatic rings. The monoisotopic (exact) mass is 352 g/mol. The molecule has 0 radical (unpaired) electrons. The van der Waals surface area contributed by atoms with Crippen LogP contribution in [0.15, 0.2) is 60.7 Å². The summed E-state index contributed by atoms with van der Waals surface area (Å²) >= 11 is 0. The molecule has 2 aromatic rings. The van der Waals surface area contributed by atoms with E-state index in [2.05, 4.69) is 42.6 Å². The normalized spacial score (nSPS) is 9.85. The minimum atomic E-state index is 0.639. The second-order valence-electron chi connectivity index (χ2n) is 5.32. The minimum absolute atomic E-state index is 0.639. The van der Waals surface area contributed by atoms with Crippen LogP contribution in [0.4, 0.5) is 11.4 Å². The van der Waals surface area contributed by atoms with Gasteiger partial charge in [-0.15, -0.1) is 0 Å². The smallest absolute Gasteiger partial charge is 0.119 e. The Hall–Kier alpha value is -2.81. The lowest BCUT2D eigenvalue weighted by Crippen LogP contribution is -1.97. The van der Waals surface area contributed by atoms with Gasteiger partial charge < -0.3 is 15.8 Å². The maximum absolute atomic E-state index is 9.17. The molecule has 3 nitrogen and oxygen atoms in total. The summed E-state index contributed by atoms with van der Waals surface area (Å²) in [6.07, 6.45) is 9.65. The molecule has 0 bridgehead atoms. The Morgan fingerprint density at radius 1 is 0.885 bits per heavy atom. The van der Waals surface area contributed by atoms with Crippen molar-refractivity contribution in [3.8, 4) is 0 Å². The number of nitrogens with two attached hydrogens (primary N) is 1. The van der Waals surface area contributed by atoms with Crippen LogP contribution >= 0.6 is 0 Å². The Bertz CT molecular complexity index is 675. The highest BCUT2D eigenvalue weighted by atomic mass is 16.1. The highest BCUT2D eigenvalue weighted by Crippen LogP contribution is 2.15. The maximum atomic E-state index is 9.17. The molecule has 0 unspecified atom stereocenters. The molecule has 3 heteroatoms. The van der Waals surface area contributed by atoms with Crippen molar-refractivity contribution in [1.82, 2.24) is 0 Å².